The number of hydrogen-bond acceptors (Lipinski definition) is 2. The van der Waals surface area contributed by atoms with Crippen LogP contribution in [0.2, 0.25) is 5.04 Å². The first-order chi connectivity index (χ1) is 15.0. The number of aliphatic hydroxyl groups is 1. The van der Waals surface area contributed by atoms with E-state index in [2.05, 4.69) is 114 Å². The number of aliphatic hydroxyl groups excluding tert-OH is 1. The van der Waals surface area contributed by atoms with Gasteiger partial charge in [-0.25, -0.2) is 0 Å². The van der Waals surface area contributed by atoms with Crippen LogP contribution in [-0.2, 0) is 4.43 Å². The van der Waals surface area contributed by atoms with Crippen LogP contribution in [-0.4, -0.2) is 26.6 Å². The smallest absolute Gasteiger partial charge is 0.261 e. The highest BCUT2D eigenvalue weighted by atomic mass is 28.4. The van der Waals surface area contributed by atoms with Gasteiger partial charge in [0.05, 0.1) is 13.2 Å². The molecule has 2 nitrogen and oxygen atoms in total. The van der Waals surface area contributed by atoms with Gasteiger partial charge in [-0.3, -0.25) is 0 Å². The van der Waals surface area contributed by atoms with E-state index in [0.29, 0.717) is 6.61 Å². The highest BCUT2D eigenvalue weighted by molar-refractivity contribution is 6.99. The summed E-state index contributed by atoms with van der Waals surface area (Å²) < 4.78 is 7.03. The number of hydrogen-bond donors (Lipinski definition) is 1. The normalized spacial score (nSPS) is 14.0. The van der Waals surface area contributed by atoms with Crippen LogP contribution in [0, 0.1) is 5.41 Å². The van der Waals surface area contributed by atoms with E-state index < -0.39 is 8.32 Å². The van der Waals surface area contributed by atoms with E-state index in [1.807, 2.05) is 6.92 Å². The van der Waals surface area contributed by atoms with Crippen molar-refractivity contribution in [2.24, 2.45) is 5.41 Å². The molecule has 0 aliphatic rings. The van der Waals surface area contributed by atoms with Gasteiger partial charge in [0.1, 0.15) is 0 Å². The fourth-order valence-electron chi connectivity index (χ4n) is 4.09. The molecule has 0 fully saturated rings. The van der Waals surface area contributed by atoms with Gasteiger partial charge in [-0.05, 0) is 47.5 Å². The van der Waals surface area contributed by atoms with Crippen LogP contribution < -0.4 is 10.4 Å². The Hall–Kier alpha value is -1.94. The van der Waals surface area contributed by atoms with E-state index in [9.17, 15) is 5.11 Å². The second-order valence-corrected chi connectivity index (χ2v) is 15.1. The summed E-state index contributed by atoms with van der Waals surface area (Å²) in [5, 5.41) is 11.9. The zero-order valence-corrected chi connectivity index (χ0v) is 22.1. The van der Waals surface area contributed by atoms with Crippen molar-refractivity contribution in [1.29, 1.82) is 0 Å². The molecule has 32 heavy (non-hydrogen) atoms. The topological polar surface area (TPSA) is 29.5 Å². The van der Waals surface area contributed by atoms with Crippen LogP contribution in [0.4, 0.5) is 0 Å². The first-order valence-corrected chi connectivity index (χ1v) is 13.6. The molecule has 0 saturated heterocycles. The Labute approximate surface area is 197 Å². The van der Waals surface area contributed by atoms with E-state index in [0.717, 1.165) is 18.4 Å². The monoisotopic (exact) mass is 450 g/mol. The maximum absolute atomic E-state index is 9.26. The largest absolute Gasteiger partial charge is 0.403 e. The fraction of sp³-hybridized carbons (Fsp3) is 0.448. The number of rotatable bonds is 10. The van der Waals surface area contributed by atoms with Crippen LogP contribution in [0.25, 0.3) is 0 Å². The molecule has 3 heteroatoms. The number of allylic oxidation sites excluding steroid dienone is 2. The summed E-state index contributed by atoms with van der Waals surface area (Å²) in [6.45, 7) is 16.4. The zero-order valence-electron chi connectivity index (χ0n) is 21.1. The van der Waals surface area contributed by atoms with Crippen molar-refractivity contribution in [2.45, 2.75) is 66.3 Å². The Bertz CT molecular complexity index is 850. The van der Waals surface area contributed by atoms with E-state index in [4.69, 9.17) is 4.43 Å². The molecule has 0 aliphatic heterocycles. The van der Waals surface area contributed by atoms with Crippen LogP contribution in [0.5, 0.6) is 0 Å². The van der Waals surface area contributed by atoms with E-state index in [1.54, 1.807) is 0 Å². The molecule has 174 valence electrons. The molecule has 0 bridgehead atoms. The maximum Gasteiger partial charge on any atom is 0.261 e. The van der Waals surface area contributed by atoms with Gasteiger partial charge in [0.2, 0.25) is 0 Å². The van der Waals surface area contributed by atoms with Crippen molar-refractivity contribution in [3.63, 3.8) is 0 Å². The van der Waals surface area contributed by atoms with Crippen molar-refractivity contribution >= 4 is 18.7 Å². The molecule has 0 heterocycles. The summed E-state index contributed by atoms with van der Waals surface area (Å²) in [5.41, 5.74) is 2.46. The molecular formula is C29H42O2Si. The lowest BCUT2D eigenvalue weighted by Crippen LogP contribution is -2.66. The third kappa shape index (κ3) is 6.78. The van der Waals surface area contributed by atoms with Crippen molar-refractivity contribution in [1.82, 2.24) is 0 Å². The van der Waals surface area contributed by atoms with Crippen molar-refractivity contribution in [3.05, 3.63) is 84.0 Å². The summed E-state index contributed by atoms with van der Waals surface area (Å²) in [6.07, 6.45) is 6.43. The van der Waals surface area contributed by atoms with Crippen LogP contribution in [0.1, 0.15) is 61.3 Å². The Morgan fingerprint density at radius 1 is 0.781 bits per heavy atom. The average Bonchev–Trinajstić information content (AvgIpc) is 2.77. The van der Waals surface area contributed by atoms with Crippen LogP contribution in [0.15, 0.2) is 84.0 Å². The molecule has 0 radical (unpaired) electrons. The fourth-order valence-corrected chi connectivity index (χ4v) is 8.69. The quantitative estimate of drug-likeness (QED) is 0.342. The Balaban J connectivity index is 2.31. The third-order valence-electron chi connectivity index (χ3n) is 6.19. The average molecular weight is 451 g/mol. The lowest BCUT2D eigenvalue weighted by molar-refractivity contribution is 0.324. The molecule has 1 N–H and O–H groups in total. The van der Waals surface area contributed by atoms with Gasteiger partial charge in [0.15, 0.2) is 0 Å². The highest BCUT2D eigenvalue weighted by Crippen LogP contribution is 2.37. The Morgan fingerprint density at radius 3 is 1.62 bits per heavy atom. The minimum absolute atomic E-state index is 0.0120. The van der Waals surface area contributed by atoms with Gasteiger partial charge >= 0.3 is 0 Å². The SMILES string of the molecule is C/C(=C\CC(C)(C)C/C=C(\C)CO[Si](c1ccccc1)(c1ccccc1)C(C)(C)C)CO. The molecule has 0 aliphatic carbocycles. The zero-order chi connectivity index (χ0) is 23.8. The van der Waals surface area contributed by atoms with E-state index in [-0.39, 0.29) is 17.1 Å². The molecule has 0 amide bonds. The minimum atomic E-state index is -2.50. The standard InChI is InChI=1S/C29H42O2Si/c1-24(22-30)18-20-29(6,7)21-19-25(2)23-31-32(28(3,4)5,26-14-10-8-11-15-26)27-16-12-9-13-17-27/h8-19,30H,20-23H2,1-7H3/b24-18+,25-19+. The first kappa shape index (κ1) is 26.3. The van der Waals surface area contributed by atoms with Crippen molar-refractivity contribution < 1.29 is 9.53 Å². The van der Waals surface area contributed by atoms with Gasteiger partial charge in [-0.15, -0.1) is 0 Å². The molecule has 0 aromatic heterocycles. The minimum Gasteiger partial charge on any atom is -0.403 e. The van der Waals surface area contributed by atoms with Crippen LogP contribution in [0.3, 0.4) is 0 Å². The second kappa shape index (κ2) is 11.3. The summed E-state index contributed by atoms with van der Waals surface area (Å²) >= 11 is 0. The van der Waals surface area contributed by atoms with Crippen LogP contribution >= 0.6 is 0 Å². The predicted molar refractivity (Wildman–Crippen MR) is 141 cm³/mol. The molecule has 2 aromatic carbocycles. The summed E-state index contributed by atoms with van der Waals surface area (Å²) in [4.78, 5) is 0. The first-order valence-electron chi connectivity index (χ1n) is 11.7. The molecule has 2 rings (SSSR count). The predicted octanol–water partition coefficient (Wildman–Crippen LogP) is 6.25. The highest BCUT2D eigenvalue weighted by Gasteiger charge is 2.50. The molecule has 0 atom stereocenters. The van der Waals surface area contributed by atoms with Gasteiger partial charge in [0, 0.05) is 0 Å². The molecular weight excluding hydrogens is 408 g/mol. The van der Waals surface area contributed by atoms with Gasteiger partial charge in [0.25, 0.3) is 8.32 Å². The lowest BCUT2D eigenvalue weighted by Gasteiger charge is -2.43. The number of benzene rings is 2. The Kier molecular flexibility index (Phi) is 9.26. The van der Waals surface area contributed by atoms with Crippen molar-refractivity contribution in [3.8, 4) is 0 Å². The van der Waals surface area contributed by atoms with Gasteiger partial charge < -0.3 is 9.53 Å². The van der Waals surface area contributed by atoms with E-state index >= 15 is 0 Å². The summed E-state index contributed by atoms with van der Waals surface area (Å²) in [5.74, 6) is 0. The third-order valence-corrected chi connectivity index (χ3v) is 11.2. The summed E-state index contributed by atoms with van der Waals surface area (Å²) in [6, 6.07) is 21.6. The molecule has 0 saturated carbocycles. The maximum atomic E-state index is 9.26. The second-order valence-electron chi connectivity index (χ2n) is 10.8. The summed E-state index contributed by atoms with van der Waals surface area (Å²) in [7, 11) is -2.50. The lowest BCUT2D eigenvalue weighted by atomic mass is 9.84. The molecule has 2 aromatic rings. The molecule has 0 spiro atoms. The Morgan fingerprint density at radius 2 is 1.22 bits per heavy atom. The van der Waals surface area contributed by atoms with Crippen molar-refractivity contribution in [2.75, 3.05) is 13.2 Å². The van der Waals surface area contributed by atoms with Gasteiger partial charge in [-0.1, -0.05) is 119 Å². The van der Waals surface area contributed by atoms with E-state index in [1.165, 1.54) is 15.9 Å². The van der Waals surface area contributed by atoms with Gasteiger partial charge in [-0.2, -0.15) is 0 Å². The molecule has 0 unspecified atom stereocenters.